The number of nitrogens with zero attached hydrogens (tertiary/aromatic N) is 20. The molecule has 4 N–H and O–H groups in total. The van der Waals surface area contributed by atoms with Gasteiger partial charge in [-0.1, -0.05) is 40.9 Å². The minimum Gasteiger partial charge on any atom is -0.310 e. The number of nitrogens with one attached hydrogen (secondary N) is 4. The van der Waals surface area contributed by atoms with Crippen molar-refractivity contribution >= 4 is 102 Å². The minimum atomic E-state index is -1.12. The molecule has 35 heteroatoms. The quantitative estimate of drug-likeness (QED) is 0.0826. The van der Waals surface area contributed by atoms with Crippen LogP contribution < -0.4 is 22.2 Å². The molecule has 0 saturated heterocycles. The molecule has 8 fully saturated rings. The van der Waals surface area contributed by atoms with Crippen LogP contribution in [0.4, 0.5) is 17.6 Å². The summed E-state index contributed by atoms with van der Waals surface area (Å²) in [6, 6.07) is 17.3. The molecule has 16 heterocycles. The van der Waals surface area contributed by atoms with Gasteiger partial charge in [0.2, 0.25) is 0 Å². The molecule has 28 nitrogen and oxygen atoms in total. The molecule has 0 bridgehead atoms. The summed E-state index contributed by atoms with van der Waals surface area (Å²) in [6.45, 7) is 6.65. The summed E-state index contributed by atoms with van der Waals surface area (Å²) in [6.07, 6.45) is 39.6. The van der Waals surface area contributed by atoms with Gasteiger partial charge in [0.15, 0.2) is 22.6 Å². The van der Waals surface area contributed by atoms with Crippen molar-refractivity contribution in [3.05, 3.63) is 232 Å². The van der Waals surface area contributed by atoms with Crippen LogP contribution >= 0.6 is 34.8 Å². The second-order valence-corrected chi connectivity index (χ2v) is 39.1. The first-order valence-electron chi connectivity index (χ1n) is 44.6. The number of fused-ring (bicyclic) bond motifs is 8. The van der Waals surface area contributed by atoms with Gasteiger partial charge in [-0.25, -0.2) is 76.2 Å². The van der Waals surface area contributed by atoms with Crippen molar-refractivity contribution in [2.75, 3.05) is 0 Å². The molecule has 16 aromatic heterocycles. The van der Waals surface area contributed by atoms with E-state index in [1.165, 1.54) is 0 Å². The van der Waals surface area contributed by atoms with Crippen LogP contribution in [0.25, 0.3) is 66.7 Å². The van der Waals surface area contributed by atoms with Gasteiger partial charge < -0.3 is 37.5 Å². The van der Waals surface area contributed by atoms with Crippen LogP contribution in [0.2, 0.25) is 15.1 Å². The normalized spacial score (nSPS) is 28.4. The molecular weight excluding hydrogens is 1690 g/mol. The first-order chi connectivity index (χ1) is 61.1. The number of halogens is 7. The van der Waals surface area contributed by atoms with Gasteiger partial charge in [0.05, 0.1) is 71.7 Å². The summed E-state index contributed by atoms with van der Waals surface area (Å²) < 4.78 is 72.4. The number of aromatic amines is 4. The van der Waals surface area contributed by atoms with Gasteiger partial charge in [-0.05, 0) is 230 Å². The minimum absolute atomic E-state index is 0.0684. The van der Waals surface area contributed by atoms with Gasteiger partial charge in [-0.3, -0.25) is 19.2 Å². The lowest BCUT2D eigenvalue weighted by atomic mass is 9.71. The molecule has 0 aliphatic heterocycles. The highest BCUT2D eigenvalue weighted by atomic mass is 35.5. The molecule has 0 radical (unpaired) electrons. The molecule has 2 unspecified atom stereocenters. The Balaban J connectivity index is 0.000000103. The predicted molar refractivity (Wildman–Crippen MR) is 475 cm³/mol. The Hall–Kier alpha value is -11.3. The maximum atomic E-state index is 14.3. The van der Waals surface area contributed by atoms with Gasteiger partial charge in [0.25, 0.3) is 22.2 Å². The van der Waals surface area contributed by atoms with E-state index < -0.39 is 22.7 Å². The summed E-state index contributed by atoms with van der Waals surface area (Å²) in [4.78, 5) is 102. The second-order valence-electron chi connectivity index (χ2n) is 37.8. The highest BCUT2D eigenvalue weighted by Gasteiger charge is 2.44. The average molecular weight is 1790 g/mol. The SMILES string of the molecule is CC1(F)CCC(n2ncc3c(=O)[nH]c(C4CCC4c4cn5ccc(Cl)cc5n4)nc32)CC1.CC1(F)CCC(n2ncc3c(=O)[nH]c([C@@H]4CC[C@H]4c4cn5ccc(Cl)cc5n4)nc32)CC1.CC1(F)CCC(n2ncc3c(=O)[nH]c([C@H]4CC[C@@H]4c4cn5ccc(Cl)cc5n4)nc32)CC1.CC1(F)CCC(n2ncc3c(=O)[nH]c([C@H]4CC[C@H]4c4cn5ccccc5n4)nc32)CC1. The Morgan fingerprint density at radius 3 is 0.780 bits per heavy atom. The van der Waals surface area contributed by atoms with E-state index in [1.807, 2.05) is 134 Å². The summed E-state index contributed by atoms with van der Waals surface area (Å²) in [7, 11) is 0. The molecule has 8 atom stereocenters. The molecule has 0 aromatic carbocycles. The standard InChI is InChI=1S/3C23H24ClFN6O.C23H25FN6O/c3*1-23(25)7-4-14(5-8-23)31-21-17(11-26-31)22(32)29-20(28-21)16-3-2-15(16)18-12-30-9-6-13(24)10-19(30)27-18;1-23(24)9-7-14(8-10-23)30-21-17(12-25-30)22(31)28-20(27-21)16-6-5-15(16)18-13-29-11-3-2-4-19(29)26-18/h3*6,9-12,14-16H,2-5,7-8H2,1H3,(H,28,29,32);2-4,11-16H,5-10H2,1H3,(H,27,28,31)/t2*14?,15-,16-,23?;;14?,15-,16+,23?/m10.1/s1. The van der Waals surface area contributed by atoms with E-state index in [0.29, 0.717) is 185 Å². The maximum Gasteiger partial charge on any atom is 0.262 e. The fourth-order valence-corrected chi connectivity index (χ4v) is 21.2. The molecule has 658 valence electrons. The van der Waals surface area contributed by atoms with Crippen molar-refractivity contribution in [3.63, 3.8) is 0 Å². The Kier molecular flexibility index (Phi) is 21.0. The van der Waals surface area contributed by atoms with Crippen LogP contribution in [-0.4, -0.2) is 139 Å². The van der Waals surface area contributed by atoms with Gasteiger partial charge in [0.1, 0.15) is 90.1 Å². The molecule has 16 aromatic rings. The third-order valence-electron chi connectivity index (χ3n) is 29.0. The fraction of sp³-hybridized carbons (Fsp3) is 0.478. The number of pyridine rings is 4. The molecule has 0 spiro atoms. The summed E-state index contributed by atoms with van der Waals surface area (Å²) in [5.41, 5.74) is 4.62. The molecule has 8 aliphatic carbocycles. The van der Waals surface area contributed by atoms with E-state index in [2.05, 4.69) is 46.5 Å². The fourth-order valence-electron chi connectivity index (χ4n) is 20.7. The van der Waals surface area contributed by atoms with Crippen LogP contribution in [0.5, 0.6) is 0 Å². The van der Waals surface area contributed by atoms with Gasteiger partial charge in [-0.15, -0.1) is 0 Å². The summed E-state index contributed by atoms with van der Waals surface area (Å²) in [5, 5.41) is 21.8. The zero-order chi connectivity index (χ0) is 87.3. The number of hydrogen-bond acceptors (Lipinski definition) is 16. The molecule has 127 heavy (non-hydrogen) atoms. The summed E-state index contributed by atoms with van der Waals surface area (Å²) >= 11 is 18.3. The predicted octanol–water partition coefficient (Wildman–Crippen LogP) is 19.0. The first kappa shape index (κ1) is 82.7. The third-order valence-corrected chi connectivity index (χ3v) is 29.7. The smallest absolute Gasteiger partial charge is 0.262 e. The molecule has 24 rings (SSSR count). The highest BCUT2D eigenvalue weighted by molar-refractivity contribution is 6.31. The van der Waals surface area contributed by atoms with E-state index in [4.69, 9.17) is 74.7 Å². The lowest BCUT2D eigenvalue weighted by Crippen LogP contribution is -2.29. The van der Waals surface area contributed by atoms with E-state index in [0.717, 1.165) is 96.7 Å². The van der Waals surface area contributed by atoms with Crippen LogP contribution in [0.15, 0.2) is 148 Å². The van der Waals surface area contributed by atoms with Crippen molar-refractivity contribution in [2.45, 2.75) is 276 Å². The Labute approximate surface area is 738 Å². The molecule has 0 amide bonds. The number of alkyl halides is 4. The van der Waals surface area contributed by atoms with Crippen molar-refractivity contribution in [3.8, 4) is 0 Å². The molecule has 8 saturated carbocycles. The van der Waals surface area contributed by atoms with Crippen molar-refractivity contribution < 1.29 is 17.6 Å². The Morgan fingerprint density at radius 1 is 0.307 bits per heavy atom. The number of aromatic nitrogens is 24. The summed E-state index contributed by atoms with van der Waals surface area (Å²) in [5.74, 6) is 3.96. The van der Waals surface area contributed by atoms with Gasteiger partial charge in [0, 0.05) is 112 Å². The van der Waals surface area contributed by atoms with E-state index >= 15 is 0 Å². The first-order valence-corrected chi connectivity index (χ1v) is 45.8. The zero-order valence-corrected chi connectivity index (χ0v) is 73.0. The lowest BCUT2D eigenvalue weighted by Gasteiger charge is -2.34. The zero-order valence-electron chi connectivity index (χ0n) is 70.7. The monoisotopic (exact) mass is 1780 g/mol. The van der Waals surface area contributed by atoms with Crippen molar-refractivity contribution in [1.82, 2.24) is 117 Å². The number of H-pyrrole nitrogens is 4. The van der Waals surface area contributed by atoms with Crippen LogP contribution in [0.1, 0.15) is 299 Å². The highest BCUT2D eigenvalue weighted by Crippen LogP contribution is 2.53. The molecule has 8 aliphatic rings. The van der Waals surface area contributed by atoms with Crippen molar-refractivity contribution in [2.24, 2.45) is 0 Å². The van der Waals surface area contributed by atoms with E-state index in [1.54, 1.807) is 52.5 Å². The van der Waals surface area contributed by atoms with Crippen LogP contribution in [0, 0.1) is 0 Å². The number of rotatable bonds is 12. The van der Waals surface area contributed by atoms with Gasteiger partial charge >= 0.3 is 0 Å². The Bertz CT molecular complexity index is 6610. The topological polar surface area (TPSA) is 323 Å². The maximum absolute atomic E-state index is 14.3. The van der Waals surface area contributed by atoms with Crippen LogP contribution in [0.3, 0.4) is 0 Å². The number of hydrogen-bond donors (Lipinski definition) is 4. The number of imidazole rings is 4. The molecular formula is C92H97Cl3F4N24O4. The van der Waals surface area contributed by atoms with Crippen molar-refractivity contribution in [1.29, 1.82) is 0 Å². The average Bonchev–Trinajstić information content (AvgIpc) is 1.65. The Morgan fingerprint density at radius 2 is 0.543 bits per heavy atom. The second kappa shape index (κ2) is 32.2. The third kappa shape index (κ3) is 15.9. The van der Waals surface area contributed by atoms with Crippen LogP contribution in [-0.2, 0) is 0 Å². The van der Waals surface area contributed by atoms with E-state index in [-0.39, 0.29) is 93.7 Å². The largest absolute Gasteiger partial charge is 0.310 e. The van der Waals surface area contributed by atoms with Gasteiger partial charge in [-0.2, -0.15) is 20.4 Å². The lowest BCUT2D eigenvalue weighted by molar-refractivity contribution is 0.103. The van der Waals surface area contributed by atoms with E-state index in [9.17, 15) is 36.7 Å².